The zero-order chi connectivity index (χ0) is 33.2. The third-order valence-electron chi connectivity index (χ3n) is 6.60. The second-order valence-corrected chi connectivity index (χ2v) is 11.0. The monoisotopic (exact) mass is 643 g/mol. The number of aliphatic carboxylic acids is 1. The fourth-order valence-electron chi connectivity index (χ4n) is 4.49. The van der Waals surface area contributed by atoms with Crippen LogP contribution in [0.15, 0.2) is 104 Å². The van der Waals surface area contributed by atoms with Crippen LogP contribution in [0.3, 0.4) is 0 Å². The van der Waals surface area contributed by atoms with E-state index in [1.165, 1.54) is 30.3 Å². The van der Waals surface area contributed by atoms with Crippen LogP contribution in [0, 0.1) is 0 Å². The molecule has 0 aromatic heterocycles. The Hall–Kier alpha value is -6.26. The predicted octanol–water partition coefficient (Wildman–Crippen LogP) is 6.67. The van der Waals surface area contributed by atoms with Crippen LogP contribution in [0.4, 0.5) is 28.4 Å². The molecule has 5 rings (SSSR count). The number of phenols is 1. The molecule has 16 heteroatoms. The van der Waals surface area contributed by atoms with Gasteiger partial charge in [-0.25, -0.2) is 9.59 Å². The number of aromatic carboxylic acids is 2. The molecule has 0 spiro atoms. The van der Waals surface area contributed by atoms with Gasteiger partial charge in [0.25, 0.3) is 10.1 Å². The number of nitrogens with zero attached hydrogens (tertiary/aromatic N) is 4. The number of carbonyl (C=O) groups is 3. The molecule has 6 N–H and O–H groups in total. The van der Waals surface area contributed by atoms with E-state index in [1.807, 2.05) is 0 Å². The van der Waals surface area contributed by atoms with Gasteiger partial charge in [-0.05, 0) is 53.9 Å². The number of carboxylic acid groups (broad SMARTS) is 3. The number of hydrogen-bond acceptors (Lipinski definition) is 11. The van der Waals surface area contributed by atoms with Gasteiger partial charge in [-0.1, -0.05) is 30.3 Å². The highest BCUT2D eigenvalue weighted by atomic mass is 32.2. The molecule has 0 saturated carbocycles. The van der Waals surface area contributed by atoms with E-state index in [2.05, 4.69) is 25.8 Å². The number of benzene rings is 5. The third kappa shape index (κ3) is 6.62. The first kappa shape index (κ1) is 31.2. The van der Waals surface area contributed by atoms with Crippen molar-refractivity contribution in [3.05, 3.63) is 90.0 Å². The van der Waals surface area contributed by atoms with E-state index in [0.29, 0.717) is 22.1 Å². The Kier molecular flexibility index (Phi) is 8.40. The number of hydrogen-bond donors (Lipinski definition) is 6. The molecule has 0 aliphatic carbocycles. The van der Waals surface area contributed by atoms with Gasteiger partial charge in [0, 0.05) is 21.8 Å². The minimum absolute atomic E-state index is 0.0176. The molecule has 5 aromatic carbocycles. The van der Waals surface area contributed by atoms with Gasteiger partial charge < -0.3 is 25.7 Å². The molecule has 0 unspecified atom stereocenters. The second kappa shape index (κ2) is 12.4. The van der Waals surface area contributed by atoms with Gasteiger partial charge in [-0.2, -0.15) is 13.5 Å². The van der Waals surface area contributed by atoms with Gasteiger partial charge >= 0.3 is 17.9 Å². The van der Waals surface area contributed by atoms with Gasteiger partial charge in [-0.3, -0.25) is 9.35 Å². The van der Waals surface area contributed by atoms with Crippen LogP contribution >= 0.6 is 0 Å². The molecule has 0 fully saturated rings. The first-order chi connectivity index (χ1) is 21.8. The molecule has 0 aliphatic heterocycles. The largest absolute Gasteiger partial charge is 0.505 e. The number of fused-ring (bicyclic) bond motifs is 2. The van der Waals surface area contributed by atoms with Gasteiger partial charge in [0.15, 0.2) is 5.75 Å². The Bertz CT molecular complexity index is 2220. The van der Waals surface area contributed by atoms with Gasteiger partial charge in [0.1, 0.15) is 17.1 Å². The minimum atomic E-state index is -4.89. The van der Waals surface area contributed by atoms with Crippen molar-refractivity contribution in [2.45, 2.75) is 4.90 Å². The SMILES string of the molecule is O=C(O)CNc1ccc2cc(S(=O)(=O)O)c(/N=N/c3ccc(/N=N/c4cc(C(=O)O)cc(C(=O)O)c4)c4ccccc34)c(O)c2c1. The number of phenolic OH excluding ortho intramolecular Hbond substituents is 1. The molecular weight excluding hydrogens is 622 g/mol. The maximum absolute atomic E-state index is 12.2. The lowest BCUT2D eigenvalue weighted by atomic mass is 10.1. The number of carboxylic acids is 3. The summed E-state index contributed by atoms with van der Waals surface area (Å²) in [5.74, 6) is -4.44. The van der Waals surface area contributed by atoms with Crippen LogP contribution in [-0.4, -0.2) is 57.8 Å². The van der Waals surface area contributed by atoms with Crippen LogP contribution in [0.5, 0.6) is 5.75 Å². The summed E-state index contributed by atoms with van der Waals surface area (Å²) < 4.78 is 34.4. The zero-order valence-electron chi connectivity index (χ0n) is 23.2. The number of rotatable bonds is 10. The van der Waals surface area contributed by atoms with Gasteiger partial charge in [0.05, 0.1) is 28.2 Å². The first-order valence-electron chi connectivity index (χ1n) is 13.0. The molecule has 0 bridgehead atoms. The van der Waals surface area contributed by atoms with E-state index < -0.39 is 50.9 Å². The highest BCUT2D eigenvalue weighted by Gasteiger charge is 2.22. The normalized spacial score (nSPS) is 11.8. The molecule has 5 aromatic rings. The van der Waals surface area contributed by atoms with Crippen molar-refractivity contribution < 1.29 is 47.8 Å². The molecular formula is C30H21N5O10S. The lowest BCUT2D eigenvalue weighted by molar-refractivity contribution is -0.134. The van der Waals surface area contributed by atoms with Crippen molar-refractivity contribution in [1.82, 2.24) is 0 Å². The van der Waals surface area contributed by atoms with Crippen LogP contribution in [-0.2, 0) is 14.9 Å². The van der Waals surface area contributed by atoms with Crippen molar-refractivity contribution in [2.24, 2.45) is 20.5 Å². The van der Waals surface area contributed by atoms with Gasteiger partial charge in [0.2, 0.25) is 0 Å². The first-order valence-corrected chi connectivity index (χ1v) is 14.5. The average Bonchev–Trinajstić information content (AvgIpc) is 3.01. The Morgan fingerprint density at radius 3 is 1.83 bits per heavy atom. The van der Waals surface area contributed by atoms with Crippen LogP contribution in [0.25, 0.3) is 21.5 Å². The highest BCUT2D eigenvalue weighted by molar-refractivity contribution is 7.86. The third-order valence-corrected chi connectivity index (χ3v) is 7.46. The topological polar surface area (TPSA) is 248 Å². The van der Waals surface area contributed by atoms with Crippen molar-refractivity contribution in [3.8, 4) is 5.75 Å². The molecule has 0 amide bonds. The van der Waals surface area contributed by atoms with E-state index >= 15 is 0 Å². The Balaban J connectivity index is 1.57. The van der Waals surface area contributed by atoms with Crippen molar-refractivity contribution in [2.75, 3.05) is 11.9 Å². The van der Waals surface area contributed by atoms with E-state index in [4.69, 9.17) is 5.11 Å². The molecule has 0 heterocycles. The summed E-state index contributed by atoms with van der Waals surface area (Å²) in [6.07, 6.45) is 0. The number of nitrogens with one attached hydrogen (secondary N) is 1. The van der Waals surface area contributed by atoms with E-state index in [9.17, 15) is 42.7 Å². The summed E-state index contributed by atoms with van der Waals surface area (Å²) in [6.45, 7) is -0.414. The lowest BCUT2D eigenvalue weighted by Crippen LogP contribution is -2.12. The number of anilines is 1. The smallest absolute Gasteiger partial charge is 0.335 e. The molecule has 0 saturated heterocycles. The number of aromatic hydroxyl groups is 1. The maximum Gasteiger partial charge on any atom is 0.335 e. The summed E-state index contributed by atoms with van der Waals surface area (Å²) in [5.41, 5.74) is -0.347. The highest BCUT2D eigenvalue weighted by Crippen LogP contribution is 2.43. The summed E-state index contributed by atoms with van der Waals surface area (Å²) in [4.78, 5) is 33.1. The Morgan fingerprint density at radius 2 is 1.28 bits per heavy atom. The second-order valence-electron chi connectivity index (χ2n) is 9.66. The van der Waals surface area contributed by atoms with E-state index in [0.717, 1.165) is 24.3 Å². The molecule has 15 nitrogen and oxygen atoms in total. The fourth-order valence-corrected chi connectivity index (χ4v) is 5.15. The summed E-state index contributed by atoms with van der Waals surface area (Å²) in [7, 11) is -4.89. The van der Waals surface area contributed by atoms with Crippen molar-refractivity contribution in [1.29, 1.82) is 0 Å². The van der Waals surface area contributed by atoms with Crippen molar-refractivity contribution >= 4 is 78.0 Å². The summed E-state index contributed by atoms with van der Waals surface area (Å²) in [5, 5.41) is 58.8. The summed E-state index contributed by atoms with van der Waals surface area (Å²) >= 11 is 0. The van der Waals surface area contributed by atoms with Crippen molar-refractivity contribution in [3.63, 3.8) is 0 Å². The lowest BCUT2D eigenvalue weighted by Gasteiger charge is -2.11. The average molecular weight is 644 g/mol. The Labute approximate surface area is 258 Å². The van der Waals surface area contributed by atoms with Crippen LogP contribution in [0.2, 0.25) is 0 Å². The fraction of sp³-hybridized carbons (Fsp3) is 0.0333. The predicted molar refractivity (Wildman–Crippen MR) is 164 cm³/mol. The zero-order valence-corrected chi connectivity index (χ0v) is 24.0. The molecule has 0 atom stereocenters. The molecule has 0 radical (unpaired) electrons. The molecule has 0 aliphatic rings. The van der Waals surface area contributed by atoms with E-state index in [-0.39, 0.29) is 33.3 Å². The molecule has 46 heavy (non-hydrogen) atoms. The summed E-state index contributed by atoms with van der Waals surface area (Å²) in [6, 6.07) is 18.4. The number of azo groups is 2. The van der Waals surface area contributed by atoms with Crippen LogP contribution in [0.1, 0.15) is 20.7 Å². The quantitative estimate of drug-likeness (QED) is 0.0692. The van der Waals surface area contributed by atoms with E-state index in [1.54, 1.807) is 24.3 Å². The molecule has 232 valence electrons. The van der Waals surface area contributed by atoms with Crippen LogP contribution < -0.4 is 5.32 Å². The Morgan fingerprint density at radius 1 is 0.696 bits per heavy atom. The minimum Gasteiger partial charge on any atom is -0.505 e. The van der Waals surface area contributed by atoms with Gasteiger partial charge in [-0.15, -0.1) is 15.3 Å². The maximum atomic E-state index is 12.2. The standard InChI is InChI=1S/C30H21N5O10S/c36-26(37)14-31-18-6-5-15-12-25(46(43,44)45)27(28(38)22(15)13-18)35-34-24-8-7-23(20-3-1-2-4-21(20)24)33-32-19-10-16(29(39)40)9-17(11-19)30(41)42/h1-13,31,38H,14H2,(H,36,37)(H,39,40)(H,41,42)(H,43,44,45)/b33-32+,35-34+.